The molecule has 3 N–H and O–H groups in total. The number of benzene rings is 1. The van der Waals surface area contributed by atoms with E-state index in [1.807, 2.05) is 21.0 Å². The summed E-state index contributed by atoms with van der Waals surface area (Å²) in [7, 11) is 3.99. The van der Waals surface area contributed by atoms with Gasteiger partial charge in [-0.3, -0.25) is 4.79 Å². The Morgan fingerprint density at radius 3 is 2.74 bits per heavy atom. The molecule has 1 aromatic rings. The fraction of sp³-hybridized carbons (Fsp3) is 0.500. The lowest BCUT2D eigenvalue weighted by Crippen LogP contribution is -2.30. The van der Waals surface area contributed by atoms with E-state index in [0.29, 0.717) is 30.2 Å². The summed E-state index contributed by atoms with van der Waals surface area (Å²) in [6, 6.07) is 5.16. The monoisotopic (exact) mass is 265 g/mol. The third-order valence-electron chi connectivity index (χ3n) is 2.65. The molecule has 0 radical (unpaired) electrons. The molecule has 0 aliphatic heterocycles. The highest BCUT2D eigenvalue weighted by atomic mass is 16.5. The van der Waals surface area contributed by atoms with Gasteiger partial charge in [-0.15, -0.1) is 0 Å². The van der Waals surface area contributed by atoms with Gasteiger partial charge in [-0.1, -0.05) is 0 Å². The number of nitrogens with zero attached hydrogens (tertiary/aromatic N) is 1. The van der Waals surface area contributed by atoms with Gasteiger partial charge >= 0.3 is 0 Å². The number of hydrogen-bond donors (Lipinski definition) is 2. The Labute approximate surface area is 114 Å². The summed E-state index contributed by atoms with van der Waals surface area (Å²) in [4.78, 5) is 14.0. The number of likely N-dealkylation sites (N-methyl/N-ethyl adjacent to an activating group) is 1. The van der Waals surface area contributed by atoms with Crippen LogP contribution in [-0.2, 0) is 0 Å². The van der Waals surface area contributed by atoms with Crippen LogP contribution in [0.15, 0.2) is 18.2 Å². The van der Waals surface area contributed by atoms with Crippen LogP contribution >= 0.6 is 0 Å². The van der Waals surface area contributed by atoms with Gasteiger partial charge in [0.25, 0.3) is 0 Å². The van der Waals surface area contributed by atoms with Gasteiger partial charge in [0.05, 0.1) is 18.8 Å². The van der Waals surface area contributed by atoms with Crippen LogP contribution in [0.1, 0.15) is 17.3 Å². The van der Waals surface area contributed by atoms with Gasteiger partial charge in [-0.05, 0) is 39.2 Å². The van der Waals surface area contributed by atoms with Gasteiger partial charge in [-0.2, -0.15) is 0 Å². The van der Waals surface area contributed by atoms with Crippen molar-refractivity contribution >= 4 is 11.5 Å². The van der Waals surface area contributed by atoms with Crippen LogP contribution in [0.4, 0.5) is 5.69 Å². The van der Waals surface area contributed by atoms with Crippen LogP contribution in [-0.4, -0.2) is 51.0 Å². The van der Waals surface area contributed by atoms with Crippen LogP contribution in [0.5, 0.6) is 5.75 Å². The average Bonchev–Trinajstić information content (AvgIpc) is 2.36. The molecule has 106 valence electrons. The molecule has 5 heteroatoms. The maximum atomic E-state index is 11.9. The normalized spacial score (nSPS) is 10.7. The Hall–Kier alpha value is -1.59. The van der Waals surface area contributed by atoms with Crippen molar-refractivity contribution in [1.82, 2.24) is 10.2 Å². The zero-order valence-corrected chi connectivity index (χ0v) is 11.9. The second kappa shape index (κ2) is 7.76. The summed E-state index contributed by atoms with van der Waals surface area (Å²) in [6.07, 6.45) is 0. The van der Waals surface area contributed by atoms with E-state index in [9.17, 15) is 4.79 Å². The number of ketones is 1. The molecular formula is C14H23N3O2. The molecular weight excluding hydrogens is 242 g/mol. The first-order chi connectivity index (χ1) is 9.04. The molecule has 0 amide bonds. The van der Waals surface area contributed by atoms with Crippen molar-refractivity contribution in [2.24, 2.45) is 0 Å². The Balaban J connectivity index is 2.50. The lowest BCUT2D eigenvalue weighted by molar-refractivity contribution is 0.0990. The molecule has 0 bridgehead atoms. The topological polar surface area (TPSA) is 67.6 Å². The number of Topliss-reactive ketones (excluding diaryl/α,β-unsaturated/α-hetero) is 1. The van der Waals surface area contributed by atoms with E-state index in [1.54, 1.807) is 18.2 Å². The predicted octanol–water partition coefficient (Wildman–Crippen LogP) is 1.00. The summed E-state index contributed by atoms with van der Waals surface area (Å²) in [5.74, 6) is 0.660. The van der Waals surface area contributed by atoms with Crippen molar-refractivity contribution in [2.45, 2.75) is 6.92 Å². The number of ether oxygens (including phenoxy) is 1. The van der Waals surface area contributed by atoms with Gasteiger partial charge in [0.1, 0.15) is 5.75 Å². The second-order valence-electron chi connectivity index (χ2n) is 4.59. The quantitative estimate of drug-likeness (QED) is 0.417. The van der Waals surface area contributed by atoms with Crippen LogP contribution in [0, 0.1) is 0 Å². The number of nitrogens with two attached hydrogens (primary N) is 1. The zero-order valence-electron chi connectivity index (χ0n) is 11.9. The van der Waals surface area contributed by atoms with Crippen molar-refractivity contribution in [3.8, 4) is 5.75 Å². The molecule has 5 nitrogen and oxygen atoms in total. The molecule has 0 fully saturated rings. The fourth-order valence-electron chi connectivity index (χ4n) is 1.62. The molecule has 0 atom stereocenters. The number of carbonyl (C=O) groups is 1. The van der Waals surface area contributed by atoms with Crippen LogP contribution in [0.3, 0.4) is 0 Å². The summed E-state index contributed by atoms with van der Waals surface area (Å²) in [5.41, 5.74) is 6.95. The molecule has 0 aliphatic carbocycles. The standard InChI is InChI=1S/C14H23N3O2/c1-4-19-14-6-5-11(9-12(14)15)13(18)10-16-7-8-17(2)3/h5-6,9,16H,4,7-8,10,15H2,1-3H3. The Bertz CT molecular complexity index is 419. The smallest absolute Gasteiger partial charge is 0.176 e. The molecule has 0 unspecified atom stereocenters. The minimum atomic E-state index is 0.0357. The zero-order chi connectivity index (χ0) is 14.3. The second-order valence-corrected chi connectivity index (χ2v) is 4.59. The third kappa shape index (κ3) is 5.28. The minimum Gasteiger partial charge on any atom is -0.492 e. The average molecular weight is 265 g/mol. The Kier molecular flexibility index (Phi) is 6.32. The number of nitrogen functional groups attached to an aromatic ring is 1. The minimum absolute atomic E-state index is 0.0357. The molecule has 19 heavy (non-hydrogen) atoms. The molecule has 1 aromatic carbocycles. The first kappa shape index (κ1) is 15.5. The van der Waals surface area contributed by atoms with Crippen LogP contribution in [0.2, 0.25) is 0 Å². The number of rotatable bonds is 8. The van der Waals surface area contributed by atoms with Crippen molar-refractivity contribution in [3.05, 3.63) is 23.8 Å². The molecule has 0 aliphatic rings. The number of carbonyl (C=O) groups excluding carboxylic acids is 1. The van der Waals surface area contributed by atoms with Gasteiger partial charge in [0.2, 0.25) is 0 Å². The van der Waals surface area contributed by atoms with E-state index in [2.05, 4.69) is 10.2 Å². The molecule has 0 saturated carbocycles. The van der Waals surface area contributed by atoms with E-state index in [4.69, 9.17) is 10.5 Å². The van der Waals surface area contributed by atoms with Gasteiger partial charge in [-0.25, -0.2) is 0 Å². The summed E-state index contributed by atoms with van der Waals surface area (Å²) in [6.45, 7) is 4.46. The molecule has 0 saturated heterocycles. The largest absolute Gasteiger partial charge is 0.492 e. The van der Waals surface area contributed by atoms with Gasteiger partial charge < -0.3 is 20.7 Å². The van der Waals surface area contributed by atoms with Crippen LogP contribution < -0.4 is 15.8 Å². The molecule has 0 aromatic heterocycles. The molecule has 0 heterocycles. The fourth-order valence-corrected chi connectivity index (χ4v) is 1.62. The summed E-state index contributed by atoms with van der Waals surface area (Å²) >= 11 is 0. The third-order valence-corrected chi connectivity index (χ3v) is 2.65. The van der Waals surface area contributed by atoms with Crippen molar-refractivity contribution in [3.63, 3.8) is 0 Å². The van der Waals surface area contributed by atoms with Crippen molar-refractivity contribution in [2.75, 3.05) is 46.1 Å². The number of nitrogens with one attached hydrogen (secondary N) is 1. The number of hydrogen-bond acceptors (Lipinski definition) is 5. The van der Waals surface area contributed by atoms with E-state index in [1.165, 1.54) is 0 Å². The van der Waals surface area contributed by atoms with E-state index >= 15 is 0 Å². The summed E-state index contributed by atoms with van der Waals surface area (Å²) < 4.78 is 5.34. The molecule has 1 rings (SSSR count). The maximum Gasteiger partial charge on any atom is 0.176 e. The van der Waals surface area contributed by atoms with E-state index in [-0.39, 0.29) is 5.78 Å². The Morgan fingerprint density at radius 2 is 2.16 bits per heavy atom. The highest BCUT2D eigenvalue weighted by molar-refractivity contribution is 5.98. The first-order valence-electron chi connectivity index (χ1n) is 6.45. The maximum absolute atomic E-state index is 11.9. The Morgan fingerprint density at radius 1 is 1.42 bits per heavy atom. The van der Waals surface area contributed by atoms with Gasteiger partial charge in [0, 0.05) is 18.7 Å². The van der Waals surface area contributed by atoms with Crippen molar-refractivity contribution < 1.29 is 9.53 Å². The van der Waals surface area contributed by atoms with Crippen molar-refractivity contribution in [1.29, 1.82) is 0 Å². The SMILES string of the molecule is CCOc1ccc(C(=O)CNCCN(C)C)cc1N. The number of anilines is 1. The highest BCUT2D eigenvalue weighted by Gasteiger charge is 2.08. The predicted molar refractivity (Wildman–Crippen MR) is 77.8 cm³/mol. The molecule has 0 spiro atoms. The first-order valence-corrected chi connectivity index (χ1v) is 6.45. The lowest BCUT2D eigenvalue weighted by Gasteiger charge is -2.11. The summed E-state index contributed by atoms with van der Waals surface area (Å²) in [5, 5.41) is 3.11. The van der Waals surface area contributed by atoms with Gasteiger partial charge in [0.15, 0.2) is 5.78 Å². The van der Waals surface area contributed by atoms with E-state index < -0.39 is 0 Å². The highest BCUT2D eigenvalue weighted by Crippen LogP contribution is 2.22. The van der Waals surface area contributed by atoms with Crippen LogP contribution in [0.25, 0.3) is 0 Å². The lowest BCUT2D eigenvalue weighted by atomic mass is 10.1. The van der Waals surface area contributed by atoms with E-state index in [0.717, 1.165) is 13.1 Å².